The third-order valence-corrected chi connectivity index (χ3v) is 2.65. The zero-order chi connectivity index (χ0) is 13.7. The largest absolute Gasteiger partial charge is 0.398 e. The minimum atomic E-state index is -0.430. The molecule has 0 spiro atoms. The summed E-state index contributed by atoms with van der Waals surface area (Å²) in [6.45, 7) is 0.515. The molecule has 0 aliphatic rings. The van der Waals surface area contributed by atoms with Crippen LogP contribution in [-0.4, -0.2) is 22.6 Å². The molecule has 1 amide bonds. The Kier molecular flexibility index (Phi) is 3.92. The maximum atomic E-state index is 11.2. The molecule has 6 heteroatoms. The number of aromatic nitrogens is 2. The lowest BCUT2D eigenvalue weighted by Gasteiger charge is -2.22. The molecular weight excluding hydrogens is 242 g/mol. The summed E-state index contributed by atoms with van der Waals surface area (Å²) < 4.78 is 0. The highest BCUT2D eigenvalue weighted by atomic mass is 16.1. The van der Waals surface area contributed by atoms with Crippen LogP contribution in [0.15, 0.2) is 42.6 Å². The molecule has 0 fully saturated rings. The van der Waals surface area contributed by atoms with Crippen molar-refractivity contribution in [2.75, 3.05) is 17.2 Å². The summed E-state index contributed by atoms with van der Waals surface area (Å²) >= 11 is 0. The molecule has 1 aromatic carbocycles. The predicted octanol–water partition coefficient (Wildman–Crippen LogP) is 0.551. The lowest BCUT2D eigenvalue weighted by Crippen LogP contribution is -2.34. The Balaban J connectivity index is 2.24. The first kappa shape index (κ1) is 12.8. The predicted molar refractivity (Wildman–Crippen MR) is 73.1 cm³/mol. The van der Waals surface area contributed by atoms with Gasteiger partial charge in [-0.1, -0.05) is 18.2 Å². The van der Waals surface area contributed by atoms with E-state index in [0.717, 1.165) is 5.56 Å². The number of nitrogen functional groups attached to an aromatic ring is 1. The Morgan fingerprint density at radius 1 is 1.21 bits per heavy atom. The van der Waals surface area contributed by atoms with Gasteiger partial charge in [0, 0.05) is 18.4 Å². The molecule has 1 heterocycles. The van der Waals surface area contributed by atoms with Crippen molar-refractivity contribution < 1.29 is 4.79 Å². The van der Waals surface area contributed by atoms with Crippen molar-refractivity contribution in [1.29, 1.82) is 0 Å². The van der Waals surface area contributed by atoms with Gasteiger partial charge in [0.2, 0.25) is 5.91 Å². The summed E-state index contributed by atoms with van der Waals surface area (Å²) in [6, 6.07) is 11.0. The van der Waals surface area contributed by atoms with Crippen LogP contribution >= 0.6 is 0 Å². The molecule has 0 radical (unpaired) electrons. The summed E-state index contributed by atoms with van der Waals surface area (Å²) in [4.78, 5) is 12.9. The quantitative estimate of drug-likeness (QED) is 0.762. The maximum absolute atomic E-state index is 11.2. The number of nitrogens with two attached hydrogens (primary N) is 2. The van der Waals surface area contributed by atoms with Crippen LogP contribution in [-0.2, 0) is 11.3 Å². The fourth-order valence-corrected chi connectivity index (χ4v) is 1.75. The molecular formula is C13H15N5O. The van der Waals surface area contributed by atoms with E-state index >= 15 is 0 Å². The average molecular weight is 257 g/mol. The van der Waals surface area contributed by atoms with E-state index in [1.54, 1.807) is 23.2 Å². The van der Waals surface area contributed by atoms with Gasteiger partial charge in [-0.2, -0.15) is 5.10 Å². The number of para-hydroxylation sites is 1. The van der Waals surface area contributed by atoms with Crippen LogP contribution in [0.25, 0.3) is 0 Å². The molecule has 0 aliphatic carbocycles. The van der Waals surface area contributed by atoms with Crippen LogP contribution in [0.1, 0.15) is 5.56 Å². The van der Waals surface area contributed by atoms with E-state index in [-0.39, 0.29) is 6.54 Å². The first-order valence-electron chi connectivity index (χ1n) is 5.81. The summed E-state index contributed by atoms with van der Waals surface area (Å²) in [5.74, 6) is 0.157. The summed E-state index contributed by atoms with van der Waals surface area (Å²) in [7, 11) is 0. The normalized spacial score (nSPS) is 10.1. The van der Waals surface area contributed by atoms with Gasteiger partial charge in [0.1, 0.15) is 0 Å². The second-order valence-electron chi connectivity index (χ2n) is 4.10. The zero-order valence-electron chi connectivity index (χ0n) is 10.4. The lowest BCUT2D eigenvalue weighted by atomic mass is 10.1. The highest BCUT2D eigenvalue weighted by molar-refractivity contribution is 5.79. The number of nitrogens with zero attached hydrogens (tertiary/aromatic N) is 3. The SMILES string of the molecule is NC(=O)CN(Cc1ccccc1N)c1cccnn1. The van der Waals surface area contributed by atoms with Crippen molar-refractivity contribution in [3.63, 3.8) is 0 Å². The number of carbonyl (C=O) groups is 1. The zero-order valence-corrected chi connectivity index (χ0v) is 10.4. The minimum Gasteiger partial charge on any atom is -0.398 e. The van der Waals surface area contributed by atoms with Crippen LogP contribution < -0.4 is 16.4 Å². The number of benzene rings is 1. The minimum absolute atomic E-state index is 0.0625. The molecule has 6 nitrogen and oxygen atoms in total. The standard InChI is InChI=1S/C13H15N5O/c14-11-5-2-1-4-10(11)8-18(9-12(15)19)13-6-3-7-16-17-13/h1-7H,8-9,14H2,(H2,15,19). The second kappa shape index (κ2) is 5.81. The Bertz CT molecular complexity index is 558. The monoisotopic (exact) mass is 257 g/mol. The number of hydrogen-bond donors (Lipinski definition) is 2. The van der Waals surface area contributed by atoms with E-state index < -0.39 is 5.91 Å². The number of amides is 1. The third kappa shape index (κ3) is 3.41. The van der Waals surface area contributed by atoms with Gasteiger partial charge < -0.3 is 16.4 Å². The molecule has 4 N–H and O–H groups in total. The maximum Gasteiger partial charge on any atom is 0.237 e. The van der Waals surface area contributed by atoms with E-state index in [0.29, 0.717) is 18.1 Å². The highest BCUT2D eigenvalue weighted by Crippen LogP contribution is 2.17. The van der Waals surface area contributed by atoms with Crippen molar-refractivity contribution in [3.05, 3.63) is 48.2 Å². The Hall–Kier alpha value is -2.63. The van der Waals surface area contributed by atoms with Gasteiger partial charge in [-0.3, -0.25) is 4.79 Å². The number of primary amides is 1. The number of anilines is 2. The van der Waals surface area contributed by atoms with Gasteiger partial charge in [0.15, 0.2) is 5.82 Å². The van der Waals surface area contributed by atoms with Gasteiger partial charge in [0.25, 0.3) is 0 Å². The van der Waals surface area contributed by atoms with Gasteiger partial charge >= 0.3 is 0 Å². The van der Waals surface area contributed by atoms with Crippen molar-refractivity contribution in [1.82, 2.24) is 10.2 Å². The third-order valence-electron chi connectivity index (χ3n) is 2.65. The lowest BCUT2D eigenvalue weighted by molar-refractivity contribution is -0.116. The average Bonchev–Trinajstić information content (AvgIpc) is 2.41. The molecule has 2 rings (SSSR count). The molecule has 0 saturated carbocycles. The summed E-state index contributed by atoms with van der Waals surface area (Å²) in [5, 5.41) is 7.79. The fraction of sp³-hybridized carbons (Fsp3) is 0.154. The van der Waals surface area contributed by atoms with Crippen LogP contribution in [0.3, 0.4) is 0 Å². The molecule has 0 saturated heterocycles. The van der Waals surface area contributed by atoms with Gasteiger partial charge in [0.05, 0.1) is 6.54 Å². The van der Waals surface area contributed by atoms with E-state index in [1.165, 1.54) is 0 Å². The molecule has 1 aromatic heterocycles. The van der Waals surface area contributed by atoms with Crippen molar-refractivity contribution in [3.8, 4) is 0 Å². The summed E-state index contributed by atoms with van der Waals surface area (Å²) in [6.07, 6.45) is 1.57. The Morgan fingerprint density at radius 2 is 2.00 bits per heavy atom. The molecule has 2 aromatic rings. The first-order chi connectivity index (χ1) is 9.16. The number of carbonyl (C=O) groups excluding carboxylic acids is 1. The van der Waals surface area contributed by atoms with Crippen LogP contribution in [0.4, 0.5) is 11.5 Å². The molecule has 19 heavy (non-hydrogen) atoms. The van der Waals surface area contributed by atoms with Gasteiger partial charge in [-0.05, 0) is 23.8 Å². The van der Waals surface area contributed by atoms with Crippen molar-refractivity contribution >= 4 is 17.4 Å². The molecule has 98 valence electrons. The van der Waals surface area contributed by atoms with Crippen molar-refractivity contribution in [2.45, 2.75) is 6.54 Å². The van der Waals surface area contributed by atoms with E-state index in [1.807, 2.05) is 24.3 Å². The topological polar surface area (TPSA) is 98.1 Å². The molecule has 0 unspecified atom stereocenters. The fourth-order valence-electron chi connectivity index (χ4n) is 1.75. The van der Waals surface area contributed by atoms with E-state index in [9.17, 15) is 4.79 Å². The second-order valence-corrected chi connectivity index (χ2v) is 4.10. The van der Waals surface area contributed by atoms with Crippen LogP contribution in [0.5, 0.6) is 0 Å². The molecule has 0 atom stereocenters. The van der Waals surface area contributed by atoms with Crippen molar-refractivity contribution in [2.24, 2.45) is 5.73 Å². The van der Waals surface area contributed by atoms with Crippen LogP contribution in [0, 0.1) is 0 Å². The molecule has 0 bridgehead atoms. The highest BCUT2D eigenvalue weighted by Gasteiger charge is 2.12. The smallest absolute Gasteiger partial charge is 0.237 e. The van der Waals surface area contributed by atoms with Gasteiger partial charge in [-0.15, -0.1) is 5.10 Å². The molecule has 0 aliphatic heterocycles. The van der Waals surface area contributed by atoms with Gasteiger partial charge in [-0.25, -0.2) is 0 Å². The Morgan fingerprint density at radius 3 is 2.63 bits per heavy atom. The Labute approximate surface area is 111 Å². The van der Waals surface area contributed by atoms with E-state index in [4.69, 9.17) is 11.5 Å². The van der Waals surface area contributed by atoms with Crippen LogP contribution in [0.2, 0.25) is 0 Å². The number of hydrogen-bond acceptors (Lipinski definition) is 5. The number of rotatable bonds is 5. The first-order valence-corrected chi connectivity index (χ1v) is 5.81. The summed E-state index contributed by atoms with van der Waals surface area (Å²) in [5.41, 5.74) is 12.7. The van der Waals surface area contributed by atoms with E-state index in [2.05, 4.69) is 10.2 Å².